The normalized spacial score (nSPS) is 10.9. The molecular weight excluding hydrogens is 292 g/mol. The number of hydrogen-bond donors (Lipinski definition) is 1. The summed E-state index contributed by atoms with van der Waals surface area (Å²) >= 11 is 7.41. The van der Waals surface area contributed by atoms with Gasteiger partial charge < -0.3 is 5.32 Å². The number of aryl methyl sites for hydroxylation is 1. The number of amides is 1. The summed E-state index contributed by atoms with van der Waals surface area (Å²) in [7, 11) is 0. The molecule has 0 radical (unpaired) electrons. The maximum Gasteiger partial charge on any atom is 0.244 e. The number of aromatic nitrogens is 1. The molecule has 0 unspecified atom stereocenters. The fourth-order valence-electron chi connectivity index (χ4n) is 1.61. The molecule has 0 saturated heterocycles. The van der Waals surface area contributed by atoms with E-state index in [9.17, 15) is 4.79 Å². The third-order valence-corrected chi connectivity index (χ3v) is 3.88. The van der Waals surface area contributed by atoms with Gasteiger partial charge in [0.2, 0.25) is 5.91 Å². The molecule has 0 bridgehead atoms. The van der Waals surface area contributed by atoms with E-state index >= 15 is 0 Å². The maximum atomic E-state index is 11.6. The molecule has 0 aliphatic rings. The highest BCUT2D eigenvalue weighted by atomic mass is 35.5. The van der Waals surface area contributed by atoms with E-state index in [1.807, 2.05) is 24.4 Å². The van der Waals surface area contributed by atoms with Gasteiger partial charge in [0.25, 0.3) is 0 Å². The number of carbonyl (C=O) groups is 1. The largest absolute Gasteiger partial charge is 0.352 e. The molecule has 0 atom stereocenters. The Morgan fingerprint density at radius 1 is 1.40 bits per heavy atom. The van der Waals surface area contributed by atoms with Gasteiger partial charge >= 0.3 is 0 Å². The van der Waals surface area contributed by atoms with Crippen molar-refractivity contribution in [3.8, 4) is 0 Å². The first-order chi connectivity index (χ1) is 9.63. The fourth-order valence-corrected chi connectivity index (χ4v) is 2.52. The number of thiazole rings is 1. The minimum absolute atomic E-state index is 0.103. The minimum Gasteiger partial charge on any atom is -0.352 e. The van der Waals surface area contributed by atoms with Gasteiger partial charge in [-0.1, -0.05) is 23.7 Å². The lowest BCUT2D eigenvalue weighted by molar-refractivity contribution is -0.116. The first-order valence-corrected chi connectivity index (χ1v) is 7.52. The first-order valence-electron chi connectivity index (χ1n) is 6.26. The highest BCUT2D eigenvalue weighted by Crippen LogP contribution is 2.10. The molecule has 0 aliphatic carbocycles. The van der Waals surface area contributed by atoms with Crippen molar-refractivity contribution in [2.75, 3.05) is 6.54 Å². The second-order valence-corrected chi connectivity index (χ2v) is 5.69. The topological polar surface area (TPSA) is 42.0 Å². The Balaban J connectivity index is 1.76. The number of halogens is 1. The van der Waals surface area contributed by atoms with E-state index < -0.39 is 0 Å². The molecule has 3 nitrogen and oxygen atoms in total. The Kier molecular flexibility index (Phi) is 5.32. The van der Waals surface area contributed by atoms with Crippen molar-refractivity contribution >= 4 is 34.9 Å². The molecule has 0 fully saturated rings. The summed E-state index contributed by atoms with van der Waals surface area (Å²) in [5.41, 5.74) is 1.97. The molecule has 1 aromatic carbocycles. The summed E-state index contributed by atoms with van der Waals surface area (Å²) in [6.07, 6.45) is 4.05. The van der Waals surface area contributed by atoms with Crippen molar-refractivity contribution < 1.29 is 4.79 Å². The van der Waals surface area contributed by atoms with Gasteiger partial charge in [0.05, 0.1) is 5.01 Å². The molecule has 5 heteroatoms. The monoisotopic (exact) mass is 306 g/mol. The molecule has 1 N–H and O–H groups in total. The second-order valence-electron chi connectivity index (χ2n) is 4.31. The Hall–Kier alpha value is -1.65. The summed E-state index contributed by atoms with van der Waals surface area (Å²) in [6.45, 7) is 2.56. The van der Waals surface area contributed by atoms with Crippen LogP contribution in [0.25, 0.3) is 6.08 Å². The SMILES string of the molecule is Cc1csc(CCNC(=O)/C=C/c2ccc(Cl)cc2)n1. The second kappa shape index (κ2) is 7.22. The Labute approximate surface area is 127 Å². The van der Waals surface area contributed by atoms with E-state index in [0.29, 0.717) is 11.6 Å². The van der Waals surface area contributed by atoms with Gasteiger partial charge in [-0.25, -0.2) is 4.98 Å². The minimum atomic E-state index is -0.103. The van der Waals surface area contributed by atoms with Crippen LogP contribution in [-0.2, 0) is 11.2 Å². The van der Waals surface area contributed by atoms with E-state index in [2.05, 4.69) is 10.3 Å². The Morgan fingerprint density at radius 3 is 2.80 bits per heavy atom. The van der Waals surface area contributed by atoms with Crippen LogP contribution in [0.15, 0.2) is 35.7 Å². The average molecular weight is 307 g/mol. The van der Waals surface area contributed by atoms with Crippen LogP contribution >= 0.6 is 22.9 Å². The van der Waals surface area contributed by atoms with Crippen LogP contribution in [0.2, 0.25) is 5.02 Å². The molecule has 1 aromatic heterocycles. The molecule has 104 valence electrons. The number of rotatable bonds is 5. The van der Waals surface area contributed by atoms with E-state index in [1.54, 1.807) is 29.5 Å². The van der Waals surface area contributed by atoms with Gasteiger partial charge in [-0.05, 0) is 30.7 Å². The molecule has 0 saturated carbocycles. The van der Waals surface area contributed by atoms with Gasteiger partial charge in [-0.2, -0.15) is 0 Å². The summed E-state index contributed by atoms with van der Waals surface area (Å²) in [5, 5.41) is 6.58. The van der Waals surface area contributed by atoms with Crippen LogP contribution in [0.4, 0.5) is 0 Å². The number of nitrogens with zero attached hydrogens (tertiary/aromatic N) is 1. The van der Waals surface area contributed by atoms with Crippen molar-refractivity contribution in [3.05, 3.63) is 57.0 Å². The Bertz CT molecular complexity index is 605. The van der Waals surface area contributed by atoms with Crippen LogP contribution in [-0.4, -0.2) is 17.4 Å². The quantitative estimate of drug-likeness (QED) is 0.859. The van der Waals surface area contributed by atoms with Crippen molar-refractivity contribution in [2.24, 2.45) is 0 Å². The standard InChI is InChI=1S/C15H15ClN2OS/c1-11-10-20-15(18-11)8-9-17-14(19)7-4-12-2-5-13(16)6-3-12/h2-7,10H,8-9H2,1H3,(H,17,19)/b7-4+. The molecule has 2 aromatic rings. The number of carbonyl (C=O) groups excluding carboxylic acids is 1. The van der Waals surface area contributed by atoms with E-state index in [-0.39, 0.29) is 5.91 Å². The summed E-state index contributed by atoms with van der Waals surface area (Å²) < 4.78 is 0. The van der Waals surface area contributed by atoms with Crippen LogP contribution < -0.4 is 5.32 Å². The molecule has 0 aliphatic heterocycles. The predicted octanol–water partition coefficient (Wildman–Crippen LogP) is 3.48. The predicted molar refractivity (Wildman–Crippen MR) is 84.1 cm³/mol. The van der Waals surface area contributed by atoms with Gasteiger partial charge in [0, 0.05) is 35.1 Å². The first kappa shape index (κ1) is 14.8. The zero-order valence-corrected chi connectivity index (χ0v) is 12.7. The molecule has 0 spiro atoms. The van der Waals surface area contributed by atoms with Crippen molar-refractivity contribution in [2.45, 2.75) is 13.3 Å². The van der Waals surface area contributed by atoms with Crippen molar-refractivity contribution in [1.82, 2.24) is 10.3 Å². The highest BCUT2D eigenvalue weighted by Gasteiger charge is 2.00. The molecule has 2 rings (SSSR count). The number of nitrogens with one attached hydrogen (secondary N) is 1. The molecule has 1 heterocycles. The smallest absolute Gasteiger partial charge is 0.244 e. The number of benzene rings is 1. The van der Waals surface area contributed by atoms with Crippen molar-refractivity contribution in [3.63, 3.8) is 0 Å². The van der Waals surface area contributed by atoms with Crippen LogP contribution in [0.5, 0.6) is 0 Å². The van der Waals surface area contributed by atoms with Gasteiger partial charge in [-0.3, -0.25) is 4.79 Å². The lowest BCUT2D eigenvalue weighted by Crippen LogP contribution is -2.23. The van der Waals surface area contributed by atoms with Crippen LogP contribution in [0, 0.1) is 6.92 Å². The van der Waals surface area contributed by atoms with E-state index in [1.165, 1.54) is 6.08 Å². The lowest BCUT2D eigenvalue weighted by atomic mass is 10.2. The molecule has 1 amide bonds. The molecular formula is C15H15ClN2OS. The van der Waals surface area contributed by atoms with E-state index in [4.69, 9.17) is 11.6 Å². The highest BCUT2D eigenvalue weighted by molar-refractivity contribution is 7.09. The third-order valence-electron chi connectivity index (χ3n) is 2.60. The van der Waals surface area contributed by atoms with Gasteiger partial charge in [-0.15, -0.1) is 11.3 Å². The van der Waals surface area contributed by atoms with Crippen molar-refractivity contribution in [1.29, 1.82) is 0 Å². The van der Waals surface area contributed by atoms with Gasteiger partial charge in [0.15, 0.2) is 0 Å². The van der Waals surface area contributed by atoms with E-state index in [0.717, 1.165) is 22.7 Å². The lowest BCUT2D eigenvalue weighted by Gasteiger charge is -1.99. The van der Waals surface area contributed by atoms with Crippen LogP contribution in [0.3, 0.4) is 0 Å². The Morgan fingerprint density at radius 2 is 2.15 bits per heavy atom. The van der Waals surface area contributed by atoms with Gasteiger partial charge in [0.1, 0.15) is 0 Å². The zero-order chi connectivity index (χ0) is 14.4. The molecule has 20 heavy (non-hydrogen) atoms. The maximum absolute atomic E-state index is 11.6. The zero-order valence-electron chi connectivity index (χ0n) is 11.1. The summed E-state index contributed by atoms with van der Waals surface area (Å²) in [5.74, 6) is -0.103. The summed E-state index contributed by atoms with van der Waals surface area (Å²) in [6, 6.07) is 7.32. The number of hydrogen-bond acceptors (Lipinski definition) is 3. The third kappa shape index (κ3) is 4.79. The average Bonchev–Trinajstić information content (AvgIpc) is 2.84. The summed E-state index contributed by atoms with van der Waals surface area (Å²) in [4.78, 5) is 16.0. The van der Waals surface area contributed by atoms with Crippen LogP contribution in [0.1, 0.15) is 16.3 Å². The fraction of sp³-hybridized carbons (Fsp3) is 0.200.